The Labute approximate surface area is 139 Å². The molecule has 124 valence electrons. The lowest BCUT2D eigenvalue weighted by Crippen LogP contribution is -2.54. The number of fused-ring (bicyclic) bond motifs is 5. The Morgan fingerprint density at radius 2 is 1.87 bits per heavy atom. The van der Waals surface area contributed by atoms with Gasteiger partial charge in [0.1, 0.15) is 5.60 Å². The minimum atomic E-state index is -0.914. The van der Waals surface area contributed by atoms with Crippen molar-refractivity contribution >= 4 is 5.78 Å². The van der Waals surface area contributed by atoms with Gasteiger partial charge in [0.2, 0.25) is 0 Å². The van der Waals surface area contributed by atoms with E-state index in [0.29, 0.717) is 30.0 Å². The zero-order valence-electron chi connectivity index (χ0n) is 14.4. The summed E-state index contributed by atoms with van der Waals surface area (Å²) in [7, 11) is 0. The fourth-order valence-electron chi connectivity index (χ4n) is 6.81. The van der Waals surface area contributed by atoms with Crippen molar-refractivity contribution in [3.8, 4) is 12.3 Å². The molecule has 0 aliphatic heterocycles. The number of hydrogen-bond acceptors (Lipinski definition) is 2. The number of ketones is 1. The van der Waals surface area contributed by atoms with E-state index in [1.807, 2.05) is 6.08 Å². The van der Waals surface area contributed by atoms with Gasteiger partial charge >= 0.3 is 0 Å². The third-order valence-electron chi connectivity index (χ3n) is 8.35. The summed E-state index contributed by atoms with van der Waals surface area (Å²) in [5, 5.41) is 11.0. The number of carbonyl (C=O) groups excluding carboxylic acids is 1. The smallest absolute Gasteiger partial charge is 0.155 e. The Bertz CT molecular complexity index is 626. The standard InChI is InChI=1S/C21H28O2/c1-4-21(23)12-9-18-16-6-5-14-13-15(22)7-10-19(14,2)17(16)8-11-20(18,21)3/h1,13,16-18,23H,5-12H2,2-3H3/t16-,17-,18+,19+,20+,21-/m1/s1. The minimum absolute atomic E-state index is 0.120. The lowest BCUT2D eigenvalue weighted by molar-refractivity contribution is -0.119. The molecule has 3 fully saturated rings. The van der Waals surface area contributed by atoms with Crippen LogP contribution in [0.15, 0.2) is 11.6 Å². The van der Waals surface area contributed by atoms with E-state index in [1.54, 1.807) is 0 Å². The number of hydrogen-bond donors (Lipinski definition) is 1. The van der Waals surface area contributed by atoms with Crippen LogP contribution in [-0.2, 0) is 4.79 Å². The van der Waals surface area contributed by atoms with E-state index >= 15 is 0 Å². The lowest BCUT2D eigenvalue weighted by Gasteiger charge is -2.58. The summed E-state index contributed by atoms with van der Waals surface area (Å²) in [6, 6.07) is 0. The molecule has 0 radical (unpaired) electrons. The van der Waals surface area contributed by atoms with E-state index in [-0.39, 0.29) is 10.8 Å². The molecule has 4 aliphatic rings. The third-order valence-corrected chi connectivity index (χ3v) is 8.35. The maximum atomic E-state index is 11.8. The molecule has 0 bridgehead atoms. The summed E-state index contributed by atoms with van der Waals surface area (Å²) in [6.45, 7) is 4.63. The van der Waals surface area contributed by atoms with Crippen molar-refractivity contribution in [3.05, 3.63) is 11.6 Å². The normalized spacial score (nSPS) is 52.0. The van der Waals surface area contributed by atoms with Crippen molar-refractivity contribution < 1.29 is 9.90 Å². The van der Waals surface area contributed by atoms with Gasteiger partial charge in [0, 0.05) is 11.8 Å². The fraction of sp³-hybridized carbons (Fsp3) is 0.762. The molecule has 2 heteroatoms. The van der Waals surface area contributed by atoms with Gasteiger partial charge in [0.05, 0.1) is 0 Å². The first-order valence-electron chi connectivity index (χ1n) is 9.28. The predicted octanol–water partition coefficient (Wildman–Crippen LogP) is 3.88. The molecule has 0 heterocycles. The molecule has 23 heavy (non-hydrogen) atoms. The van der Waals surface area contributed by atoms with E-state index in [9.17, 15) is 9.90 Å². The zero-order chi connectivity index (χ0) is 16.5. The van der Waals surface area contributed by atoms with Crippen LogP contribution in [0.25, 0.3) is 0 Å². The third kappa shape index (κ3) is 1.84. The summed E-state index contributed by atoms with van der Waals surface area (Å²) in [5.74, 6) is 4.93. The SMILES string of the molecule is C#C[C@@]1(O)CC[C@H]2[C@@H]3CCC4=CC(=O)CC[C@]4(C)[C@@H]3CC[C@@]21C. The lowest BCUT2D eigenvalue weighted by atomic mass is 9.46. The van der Waals surface area contributed by atoms with Crippen LogP contribution in [0.3, 0.4) is 0 Å². The summed E-state index contributed by atoms with van der Waals surface area (Å²) in [4.78, 5) is 11.8. The van der Waals surface area contributed by atoms with Gasteiger partial charge < -0.3 is 5.11 Å². The first-order valence-corrected chi connectivity index (χ1v) is 9.28. The van der Waals surface area contributed by atoms with Gasteiger partial charge in [0.15, 0.2) is 5.78 Å². The van der Waals surface area contributed by atoms with E-state index in [4.69, 9.17) is 6.42 Å². The zero-order valence-corrected chi connectivity index (χ0v) is 14.4. The van der Waals surface area contributed by atoms with Crippen molar-refractivity contribution in [2.75, 3.05) is 0 Å². The molecule has 1 N–H and O–H groups in total. The van der Waals surface area contributed by atoms with Crippen molar-refractivity contribution in [2.24, 2.45) is 28.6 Å². The second kappa shape index (κ2) is 4.73. The highest BCUT2D eigenvalue weighted by molar-refractivity contribution is 5.91. The Hall–Kier alpha value is -1.07. The maximum absolute atomic E-state index is 11.8. The summed E-state index contributed by atoms with van der Waals surface area (Å²) in [6.07, 6.45) is 15.6. The van der Waals surface area contributed by atoms with Gasteiger partial charge in [-0.2, -0.15) is 0 Å². The molecule has 0 spiro atoms. The fourth-order valence-corrected chi connectivity index (χ4v) is 6.81. The topological polar surface area (TPSA) is 37.3 Å². The highest BCUT2D eigenvalue weighted by Crippen LogP contribution is 2.67. The first kappa shape index (κ1) is 15.5. The van der Waals surface area contributed by atoms with Gasteiger partial charge in [-0.15, -0.1) is 6.42 Å². The molecular weight excluding hydrogens is 284 g/mol. The monoisotopic (exact) mass is 312 g/mol. The number of terminal acetylenes is 1. The summed E-state index contributed by atoms with van der Waals surface area (Å²) in [5.41, 5.74) is 0.575. The number of aliphatic hydroxyl groups is 1. The van der Waals surface area contributed by atoms with E-state index in [1.165, 1.54) is 12.0 Å². The number of allylic oxidation sites excluding steroid dienone is 1. The van der Waals surface area contributed by atoms with Crippen LogP contribution >= 0.6 is 0 Å². The Morgan fingerprint density at radius 3 is 2.61 bits per heavy atom. The van der Waals surface area contributed by atoms with Crippen molar-refractivity contribution in [3.63, 3.8) is 0 Å². The highest BCUT2D eigenvalue weighted by Gasteiger charge is 2.63. The van der Waals surface area contributed by atoms with Crippen LogP contribution in [0.1, 0.15) is 65.2 Å². The molecule has 0 saturated heterocycles. The van der Waals surface area contributed by atoms with Crippen LogP contribution < -0.4 is 0 Å². The largest absolute Gasteiger partial charge is 0.377 e. The van der Waals surface area contributed by atoms with Crippen molar-refractivity contribution in [2.45, 2.75) is 70.8 Å². The van der Waals surface area contributed by atoms with Crippen LogP contribution in [0.5, 0.6) is 0 Å². The van der Waals surface area contributed by atoms with Crippen LogP contribution in [0.2, 0.25) is 0 Å². The molecule has 0 aromatic heterocycles. The average Bonchev–Trinajstić information content (AvgIpc) is 2.80. The van der Waals surface area contributed by atoms with Gasteiger partial charge in [0.25, 0.3) is 0 Å². The van der Waals surface area contributed by atoms with Crippen LogP contribution in [0, 0.1) is 40.9 Å². The molecule has 3 saturated carbocycles. The molecule has 2 nitrogen and oxygen atoms in total. The number of carbonyl (C=O) groups is 1. The molecule has 4 aliphatic carbocycles. The van der Waals surface area contributed by atoms with Crippen molar-refractivity contribution in [1.82, 2.24) is 0 Å². The molecule has 0 aromatic rings. The van der Waals surface area contributed by atoms with Crippen LogP contribution in [-0.4, -0.2) is 16.5 Å². The van der Waals surface area contributed by atoms with E-state index < -0.39 is 5.60 Å². The van der Waals surface area contributed by atoms with Gasteiger partial charge in [-0.05, 0) is 74.2 Å². The second-order valence-corrected chi connectivity index (χ2v) is 8.97. The van der Waals surface area contributed by atoms with Gasteiger partial charge in [-0.1, -0.05) is 25.3 Å². The molecule has 6 atom stereocenters. The molecule has 4 rings (SSSR count). The second-order valence-electron chi connectivity index (χ2n) is 8.97. The summed E-state index contributed by atoms with van der Waals surface area (Å²) >= 11 is 0. The molecule has 0 amide bonds. The van der Waals surface area contributed by atoms with Crippen molar-refractivity contribution in [1.29, 1.82) is 0 Å². The van der Waals surface area contributed by atoms with Crippen LogP contribution in [0.4, 0.5) is 0 Å². The van der Waals surface area contributed by atoms with Gasteiger partial charge in [-0.3, -0.25) is 4.79 Å². The van der Waals surface area contributed by atoms with E-state index in [0.717, 1.165) is 38.5 Å². The van der Waals surface area contributed by atoms with E-state index in [2.05, 4.69) is 19.8 Å². The highest BCUT2D eigenvalue weighted by atomic mass is 16.3. The Balaban J connectivity index is 1.70. The molecular formula is C21H28O2. The Kier molecular flexibility index (Phi) is 3.18. The molecule has 0 unspecified atom stereocenters. The average molecular weight is 312 g/mol. The minimum Gasteiger partial charge on any atom is -0.377 e. The van der Waals surface area contributed by atoms with Gasteiger partial charge in [-0.25, -0.2) is 0 Å². The summed E-state index contributed by atoms with van der Waals surface area (Å²) < 4.78 is 0. The maximum Gasteiger partial charge on any atom is 0.155 e. The predicted molar refractivity (Wildman–Crippen MR) is 90.5 cm³/mol. The first-order chi connectivity index (χ1) is 10.8. The Morgan fingerprint density at radius 1 is 1.13 bits per heavy atom. The quantitative estimate of drug-likeness (QED) is 0.689. The molecule has 0 aromatic carbocycles. The number of rotatable bonds is 0.